The van der Waals surface area contributed by atoms with Crippen LogP contribution in [0.1, 0.15) is 24.2 Å². The first-order chi connectivity index (χ1) is 13.6. The topological polar surface area (TPSA) is 68.8 Å². The monoisotopic (exact) mass is 381 g/mol. The summed E-state index contributed by atoms with van der Waals surface area (Å²) in [6.07, 6.45) is 2.53. The van der Waals surface area contributed by atoms with E-state index in [-0.39, 0.29) is 5.91 Å². The molecular formula is C21H27N5O2. The molecule has 148 valence electrons. The number of hydrogen-bond acceptors (Lipinski definition) is 5. The van der Waals surface area contributed by atoms with Crippen molar-refractivity contribution in [3.05, 3.63) is 48.2 Å². The van der Waals surface area contributed by atoms with E-state index in [1.807, 2.05) is 24.3 Å². The zero-order chi connectivity index (χ0) is 19.9. The highest BCUT2D eigenvalue weighted by atomic mass is 16.1. The van der Waals surface area contributed by atoms with E-state index in [1.54, 1.807) is 23.2 Å². The molecular weight excluding hydrogens is 354 g/mol. The van der Waals surface area contributed by atoms with E-state index in [1.165, 1.54) is 0 Å². The Labute approximate surface area is 166 Å². The summed E-state index contributed by atoms with van der Waals surface area (Å²) in [7, 11) is 0. The van der Waals surface area contributed by atoms with Crippen LogP contribution in [0.15, 0.2) is 42.6 Å². The second-order valence-electron chi connectivity index (χ2n) is 6.70. The fourth-order valence-corrected chi connectivity index (χ4v) is 3.34. The van der Waals surface area contributed by atoms with Crippen LogP contribution in [0.3, 0.4) is 0 Å². The number of benzene rings is 1. The average molecular weight is 381 g/mol. The molecule has 7 heteroatoms. The first-order valence-electron chi connectivity index (χ1n) is 9.71. The largest absolute Gasteiger partial charge is 0.372 e. The number of carbonyl (C=O) groups is 2. The van der Waals surface area contributed by atoms with Crippen LogP contribution in [-0.2, 0) is 4.79 Å². The van der Waals surface area contributed by atoms with Gasteiger partial charge in [-0.2, -0.15) is 0 Å². The minimum atomic E-state index is -0.161. The average Bonchev–Trinajstić information content (AvgIpc) is 2.76. The van der Waals surface area contributed by atoms with Crippen molar-refractivity contribution >= 4 is 29.5 Å². The van der Waals surface area contributed by atoms with Gasteiger partial charge in [0.05, 0.1) is 0 Å². The second-order valence-corrected chi connectivity index (χ2v) is 6.70. The van der Waals surface area contributed by atoms with Gasteiger partial charge in [-0.25, -0.2) is 4.98 Å². The molecule has 0 spiro atoms. The zero-order valence-electron chi connectivity index (χ0n) is 16.5. The molecule has 1 aliphatic rings. The van der Waals surface area contributed by atoms with Crippen LogP contribution in [0.2, 0.25) is 0 Å². The normalized spacial score (nSPS) is 13.9. The third-order valence-electron chi connectivity index (χ3n) is 5.05. The van der Waals surface area contributed by atoms with Gasteiger partial charge in [-0.05, 0) is 50.2 Å². The zero-order valence-corrected chi connectivity index (χ0v) is 16.5. The summed E-state index contributed by atoms with van der Waals surface area (Å²) in [5.41, 5.74) is 2.47. The maximum absolute atomic E-state index is 12.7. The van der Waals surface area contributed by atoms with Crippen LogP contribution in [0.25, 0.3) is 0 Å². The van der Waals surface area contributed by atoms with Crippen molar-refractivity contribution in [2.45, 2.75) is 13.8 Å². The van der Waals surface area contributed by atoms with E-state index in [2.05, 4.69) is 33.9 Å². The van der Waals surface area contributed by atoms with Gasteiger partial charge in [0.2, 0.25) is 6.41 Å². The molecule has 7 nitrogen and oxygen atoms in total. The summed E-state index contributed by atoms with van der Waals surface area (Å²) in [4.78, 5) is 34.0. The molecule has 2 heterocycles. The Kier molecular flexibility index (Phi) is 6.47. The molecule has 3 rings (SSSR count). The van der Waals surface area contributed by atoms with Crippen LogP contribution < -0.4 is 15.1 Å². The van der Waals surface area contributed by atoms with Gasteiger partial charge in [-0.3, -0.25) is 9.59 Å². The molecule has 1 aromatic heterocycles. The SMILES string of the molecule is CCN(CC)c1ccc(NC(=O)c2ccnc(N3CCN(C=O)CC3)c2)cc1. The molecule has 0 aliphatic carbocycles. The molecule has 0 bridgehead atoms. The fourth-order valence-electron chi connectivity index (χ4n) is 3.34. The lowest BCUT2D eigenvalue weighted by Gasteiger charge is -2.33. The number of amides is 2. The molecule has 28 heavy (non-hydrogen) atoms. The van der Waals surface area contributed by atoms with Gasteiger partial charge in [0.15, 0.2) is 0 Å². The Hall–Kier alpha value is -3.09. The lowest BCUT2D eigenvalue weighted by atomic mass is 10.2. The number of rotatable bonds is 7. The van der Waals surface area contributed by atoms with Crippen molar-refractivity contribution in [1.29, 1.82) is 0 Å². The fraction of sp³-hybridized carbons (Fsp3) is 0.381. The summed E-state index contributed by atoms with van der Waals surface area (Å²) < 4.78 is 0. The molecule has 1 fully saturated rings. The van der Waals surface area contributed by atoms with E-state index in [9.17, 15) is 9.59 Å². The Morgan fingerprint density at radius 3 is 2.39 bits per heavy atom. The lowest BCUT2D eigenvalue weighted by molar-refractivity contribution is -0.118. The highest BCUT2D eigenvalue weighted by Crippen LogP contribution is 2.19. The van der Waals surface area contributed by atoms with Crippen LogP contribution in [0.5, 0.6) is 0 Å². The molecule has 1 saturated heterocycles. The van der Waals surface area contributed by atoms with Gasteiger partial charge in [0, 0.05) is 62.4 Å². The van der Waals surface area contributed by atoms with Gasteiger partial charge in [-0.15, -0.1) is 0 Å². The van der Waals surface area contributed by atoms with Crippen LogP contribution in [0.4, 0.5) is 17.2 Å². The van der Waals surface area contributed by atoms with Gasteiger partial charge in [0.1, 0.15) is 5.82 Å². The van der Waals surface area contributed by atoms with Crippen molar-refractivity contribution in [3.63, 3.8) is 0 Å². The molecule has 1 aliphatic heterocycles. The number of nitrogens with one attached hydrogen (secondary N) is 1. The maximum Gasteiger partial charge on any atom is 0.255 e. The van der Waals surface area contributed by atoms with Crippen LogP contribution >= 0.6 is 0 Å². The standard InChI is InChI=1S/C21H27N5O2/c1-3-25(4-2)19-7-5-18(6-8-19)23-21(28)17-9-10-22-20(15-17)26-13-11-24(16-27)12-14-26/h5-10,15-16H,3-4,11-14H2,1-2H3,(H,23,28). The van der Waals surface area contributed by atoms with Crippen molar-refractivity contribution in [2.75, 3.05) is 54.4 Å². The summed E-state index contributed by atoms with van der Waals surface area (Å²) >= 11 is 0. The van der Waals surface area contributed by atoms with Gasteiger partial charge >= 0.3 is 0 Å². The van der Waals surface area contributed by atoms with Gasteiger partial charge < -0.3 is 20.0 Å². The number of nitrogens with zero attached hydrogens (tertiary/aromatic N) is 4. The van der Waals surface area contributed by atoms with Crippen molar-refractivity contribution in [1.82, 2.24) is 9.88 Å². The predicted octanol–water partition coefficient (Wildman–Crippen LogP) is 2.46. The molecule has 1 N–H and O–H groups in total. The minimum absolute atomic E-state index is 0.161. The lowest BCUT2D eigenvalue weighted by Crippen LogP contribution is -2.46. The van der Waals surface area contributed by atoms with Crippen molar-refractivity contribution < 1.29 is 9.59 Å². The Morgan fingerprint density at radius 2 is 1.79 bits per heavy atom. The Morgan fingerprint density at radius 1 is 1.11 bits per heavy atom. The van der Waals surface area contributed by atoms with E-state index in [0.717, 1.165) is 36.7 Å². The third kappa shape index (κ3) is 4.60. The van der Waals surface area contributed by atoms with E-state index < -0.39 is 0 Å². The quantitative estimate of drug-likeness (QED) is 0.746. The second kappa shape index (κ2) is 9.21. The van der Waals surface area contributed by atoms with Gasteiger partial charge in [0.25, 0.3) is 5.91 Å². The smallest absolute Gasteiger partial charge is 0.255 e. The van der Waals surface area contributed by atoms with E-state index in [4.69, 9.17) is 0 Å². The summed E-state index contributed by atoms with van der Waals surface area (Å²) in [5, 5.41) is 2.95. The molecule has 2 amide bonds. The summed E-state index contributed by atoms with van der Waals surface area (Å²) in [5.74, 6) is 0.598. The van der Waals surface area contributed by atoms with Crippen LogP contribution in [0, 0.1) is 0 Å². The molecule has 0 unspecified atom stereocenters. The number of anilines is 3. The minimum Gasteiger partial charge on any atom is -0.372 e. The highest BCUT2D eigenvalue weighted by Gasteiger charge is 2.18. The van der Waals surface area contributed by atoms with Crippen LogP contribution in [-0.4, -0.2) is 61.5 Å². The van der Waals surface area contributed by atoms with E-state index >= 15 is 0 Å². The number of carbonyl (C=O) groups excluding carboxylic acids is 2. The Bertz CT molecular complexity index is 797. The van der Waals surface area contributed by atoms with Gasteiger partial charge in [-0.1, -0.05) is 0 Å². The first kappa shape index (κ1) is 19.7. The number of pyridine rings is 1. The number of piperazine rings is 1. The number of hydrogen-bond donors (Lipinski definition) is 1. The Balaban J connectivity index is 1.65. The predicted molar refractivity (Wildman–Crippen MR) is 112 cm³/mol. The molecule has 0 radical (unpaired) electrons. The highest BCUT2D eigenvalue weighted by molar-refractivity contribution is 6.04. The van der Waals surface area contributed by atoms with Crippen molar-refractivity contribution in [3.8, 4) is 0 Å². The number of aromatic nitrogens is 1. The van der Waals surface area contributed by atoms with E-state index in [0.29, 0.717) is 31.7 Å². The first-order valence-corrected chi connectivity index (χ1v) is 9.71. The maximum atomic E-state index is 12.7. The molecule has 1 aromatic carbocycles. The summed E-state index contributed by atoms with van der Waals surface area (Å²) in [6, 6.07) is 11.4. The molecule has 0 saturated carbocycles. The van der Waals surface area contributed by atoms with Crippen molar-refractivity contribution in [2.24, 2.45) is 0 Å². The summed E-state index contributed by atoms with van der Waals surface area (Å²) in [6.45, 7) is 8.90. The third-order valence-corrected chi connectivity index (χ3v) is 5.05. The molecule has 2 aromatic rings. The molecule has 0 atom stereocenters.